The fourth-order valence-corrected chi connectivity index (χ4v) is 2.18. The molecule has 2 aromatic rings. The summed E-state index contributed by atoms with van der Waals surface area (Å²) < 4.78 is 5.21. The van der Waals surface area contributed by atoms with Crippen molar-refractivity contribution >= 4 is 29.1 Å². The standard InChI is InChI=1S/C15H16ClN3O3/c1-9(13-3-2-6-22-13)19-14(20)8-18-10-4-5-11(15(17)21)12(16)7-10/h2-7,9,18H,8H2,1H3,(H2,17,21)(H,19,20)/t9-/m0/s1. The van der Waals surface area contributed by atoms with Crippen LogP contribution in [0.5, 0.6) is 0 Å². The van der Waals surface area contributed by atoms with Gasteiger partial charge in [0.1, 0.15) is 5.76 Å². The number of anilines is 1. The van der Waals surface area contributed by atoms with E-state index in [9.17, 15) is 9.59 Å². The molecule has 0 aliphatic heterocycles. The first-order chi connectivity index (χ1) is 10.5. The van der Waals surface area contributed by atoms with E-state index in [1.807, 2.05) is 6.92 Å². The molecule has 1 aromatic carbocycles. The zero-order valence-corrected chi connectivity index (χ0v) is 12.7. The van der Waals surface area contributed by atoms with Gasteiger partial charge in [0.15, 0.2) is 0 Å². The molecule has 0 fully saturated rings. The summed E-state index contributed by atoms with van der Waals surface area (Å²) in [6.07, 6.45) is 1.55. The highest BCUT2D eigenvalue weighted by Gasteiger charge is 2.12. The Morgan fingerprint density at radius 1 is 1.36 bits per heavy atom. The second-order valence-corrected chi connectivity index (χ2v) is 5.12. The van der Waals surface area contributed by atoms with Crippen LogP contribution in [0.3, 0.4) is 0 Å². The maximum atomic E-state index is 11.9. The first-order valence-corrected chi connectivity index (χ1v) is 7.01. The van der Waals surface area contributed by atoms with E-state index in [1.54, 1.807) is 30.5 Å². The van der Waals surface area contributed by atoms with Gasteiger partial charge in [0.2, 0.25) is 11.8 Å². The Bertz CT molecular complexity index is 671. The third kappa shape index (κ3) is 4.02. The van der Waals surface area contributed by atoms with Crippen LogP contribution in [0.25, 0.3) is 0 Å². The number of furan rings is 1. The lowest BCUT2D eigenvalue weighted by Gasteiger charge is -2.13. The fraction of sp³-hybridized carbons (Fsp3) is 0.200. The van der Waals surface area contributed by atoms with Crippen molar-refractivity contribution in [2.24, 2.45) is 5.73 Å². The van der Waals surface area contributed by atoms with Gasteiger partial charge in [0, 0.05) is 5.69 Å². The molecule has 6 nitrogen and oxygen atoms in total. The van der Waals surface area contributed by atoms with Gasteiger partial charge in [-0.15, -0.1) is 0 Å². The van der Waals surface area contributed by atoms with Crippen molar-refractivity contribution in [3.63, 3.8) is 0 Å². The van der Waals surface area contributed by atoms with Gasteiger partial charge >= 0.3 is 0 Å². The van der Waals surface area contributed by atoms with Crippen molar-refractivity contribution in [3.8, 4) is 0 Å². The Kier molecular flexibility index (Phi) is 5.06. The van der Waals surface area contributed by atoms with Gasteiger partial charge in [-0.2, -0.15) is 0 Å². The lowest BCUT2D eigenvalue weighted by atomic mass is 10.2. The summed E-state index contributed by atoms with van der Waals surface area (Å²) in [4.78, 5) is 22.9. The van der Waals surface area contributed by atoms with Crippen LogP contribution in [0.2, 0.25) is 5.02 Å². The van der Waals surface area contributed by atoms with Gasteiger partial charge in [-0.1, -0.05) is 11.6 Å². The Labute approximate surface area is 132 Å². The highest BCUT2D eigenvalue weighted by Crippen LogP contribution is 2.20. The van der Waals surface area contributed by atoms with Crippen LogP contribution in [0.15, 0.2) is 41.0 Å². The molecule has 0 aliphatic rings. The Morgan fingerprint density at radius 3 is 2.73 bits per heavy atom. The number of hydrogen-bond donors (Lipinski definition) is 3. The normalized spacial score (nSPS) is 11.7. The largest absolute Gasteiger partial charge is 0.467 e. The van der Waals surface area contributed by atoms with Crippen LogP contribution < -0.4 is 16.4 Å². The van der Waals surface area contributed by atoms with Gasteiger partial charge in [0.05, 0.1) is 29.4 Å². The molecule has 0 spiro atoms. The molecule has 0 bridgehead atoms. The number of halogens is 1. The molecule has 2 rings (SSSR count). The van der Waals surface area contributed by atoms with Crippen LogP contribution in [-0.4, -0.2) is 18.4 Å². The average molecular weight is 322 g/mol. The third-order valence-electron chi connectivity index (χ3n) is 3.04. The fourth-order valence-electron chi connectivity index (χ4n) is 1.91. The van der Waals surface area contributed by atoms with Gasteiger partial charge in [-0.3, -0.25) is 9.59 Å². The van der Waals surface area contributed by atoms with E-state index in [0.717, 1.165) is 0 Å². The topological polar surface area (TPSA) is 97.4 Å². The maximum Gasteiger partial charge on any atom is 0.250 e. The summed E-state index contributed by atoms with van der Waals surface area (Å²) >= 11 is 5.94. The van der Waals surface area contributed by atoms with Crippen LogP contribution in [-0.2, 0) is 4.79 Å². The number of nitrogens with two attached hydrogens (primary N) is 1. The lowest BCUT2D eigenvalue weighted by molar-refractivity contribution is -0.120. The van der Waals surface area contributed by atoms with E-state index < -0.39 is 5.91 Å². The molecule has 0 saturated carbocycles. The highest BCUT2D eigenvalue weighted by molar-refractivity contribution is 6.34. The van der Waals surface area contributed by atoms with E-state index >= 15 is 0 Å². The maximum absolute atomic E-state index is 11.9. The van der Waals surface area contributed by atoms with Gasteiger partial charge in [-0.05, 0) is 37.3 Å². The number of rotatable bonds is 6. The first-order valence-electron chi connectivity index (χ1n) is 6.63. The van der Waals surface area contributed by atoms with Crippen LogP contribution in [0.4, 0.5) is 5.69 Å². The zero-order valence-electron chi connectivity index (χ0n) is 11.9. The van der Waals surface area contributed by atoms with Crippen molar-refractivity contribution in [2.45, 2.75) is 13.0 Å². The Hall–Kier alpha value is -2.47. The minimum Gasteiger partial charge on any atom is -0.467 e. The summed E-state index contributed by atoms with van der Waals surface area (Å²) in [5.41, 5.74) is 6.03. The lowest BCUT2D eigenvalue weighted by Crippen LogP contribution is -2.31. The summed E-state index contributed by atoms with van der Waals surface area (Å²) in [6.45, 7) is 1.90. The monoisotopic (exact) mass is 321 g/mol. The average Bonchev–Trinajstić information content (AvgIpc) is 2.99. The van der Waals surface area contributed by atoms with Crippen molar-refractivity contribution in [2.75, 3.05) is 11.9 Å². The van der Waals surface area contributed by atoms with Gasteiger partial charge < -0.3 is 20.8 Å². The summed E-state index contributed by atoms with van der Waals surface area (Å²) in [7, 11) is 0. The van der Waals surface area contributed by atoms with Crippen LogP contribution >= 0.6 is 11.6 Å². The molecule has 4 N–H and O–H groups in total. The number of carbonyl (C=O) groups is 2. The summed E-state index contributed by atoms with van der Waals surface area (Å²) in [5, 5.41) is 5.96. The van der Waals surface area contributed by atoms with Gasteiger partial charge in [0.25, 0.3) is 0 Å². The van der Waals surface area contributed by atoms with E-state index in [-0.39, 0.29) is 29.1 Å². The molecule has 22 heavy (non-hydrogen) atoms. The predicted molar refractivity (Wildman–Crippen MR) is 83.7 cm³/mol. The molecule has 7 heteroatoms. The quantitative estimate of drug-likeness (QED) is 0.760. The van der Waals surface area contributed by atoms with E-state index in [1.165, 1.54) is 6.07 Å². The minimum atomic E-state index is -0.596. The molecule has 0 unspecified atom stereocenters. The second kappa shape index (κ2) is 7.00. The Balaban J connectivity index is 1.88. The van der Waals surface area contributed by atoms with Crippen LogP contribution in [0, 0.1) is 0 Å². The number of benzene rings is 1. The number of amides is 2. The number of carbonyl (C=O) groups excluding carboxylic acids is 2. The smallest absolute Gasteiger partial charge is 0.250 e. The molecule has 0 aliphatic carbocycles. The SMILES string of the molecule is C[C@H](NC(=O)CNc1ccc(C(N)=O)c(Cl)c1)c1ccco1. The molecule has 1 atom stereocenters. The van der Waals surface area contributed by atoms with Crippen molar-refractivity contribution < 1.29 is 14.0 Å². The van der Waals surface area contributed by atoms with Crippen molar-refractivity contribution in [1.29, 1.82) is 0 Å². The molecule has 1 heterocycles. The molecular formula is C15H16ClN3O3. The summed E-state index contributed by atoms with van der Waals surface area (Å²) in [6, 6.07) is 8.03. The third-order valence-corrected chi connectivity index (χ3v) is 3.35. The molecule has 116 valence electrons. The number of nitrogens with one attached hydrogen (secondary N) is 2. The van der Waals surface area contributed by atoms with Gasteiger partial charge in [-0.25, -0.2) is 0 Å². The molecular weight excluding hydrogens is 306 g/mol. The molecule has 1 aromatic heterocycles. The van der Waals surface area contributed by atoms with E-state index in [4.69, 9.17) is 21.8 Å². The second-order valence-electron chi connectivity index (χ2n) is 4.72. The van der Waals surface area contributed by atoms with E-state index in [2.05, 4.69) is 10.6 Å². The molecule has 0 saturated heterocycles. The Morgan fingerprint density at radius 2 is 2.14 bits per heavy atom. The number of hydrogen-bond acceptors (Lipinski definition) is 4. The van der Waals surface area contributed by atoms with Crippen molar-refractivity contribution in [1.82, 2.24) is 5.32 Å². The minimum absolute atomic E-state index is 0.0668. The predicted octanol–water partition coefficient (Wildman–Crippen LogP) is 2.32. The van der Waals surface area contributed by atoms with Crippen molar-refractivity contribution in [3.05, 3.63) is 52.9 Å². The molecule has 0 radical (unpaired) electrons. The summed E-state index contributed by atoms with van der Waals surface area (Å²) in [5.74, 6) is -0.109. The number of primary amides is 1. The highest BCUT2D eigenvalue weighted by atomic mass is 35.5. The van der Waals surface area contributed by atoms with E-state index in [0.29, 0.717) is 11.4 Å². The first kappa shape index (κ1) is 15.9. The van der Waals surface area contributed by atoms with Crippen LogP contribution in [0.1, 0.15) is 29.1 Å². The zero-order chi connectivity index (χ0) is 16.1. The molecule has 2 amide bonds.